The van der Waals surface area contributed by atoms with Crippen LogP contribution in [0.1, 0.15) is 271 Å². The number of nitrogens with zero attached hydrogens (tertiary/aromatic N) is 1. The first-order chi connectivity index (χ1) is 36.9. The Morgan fingerprint density at radius 3 is 1.39 bits per heavy atom. The Morgan fingerprint density at radius 1 is 0.487 bits per heavy atom. The highest BCUT2D eigenvalue weighted by Crippen LogP contribution is 2.38. The van der Waals surface area contributed by atoms with Crippen molar-refractivity contribution in [3.8, 4) is 0 Å². The number of amides is 1. The topological polar surface area (TPSA) is 114 Å². The maximum absolute atomic E-state index is 13.5. The number of rotatable bonds is 56. The first-order valence-electron chi connectivity index (χ1n) is 31.4. The molecule has 0 heterocycles. The van der Waals surface area contributed by atoms with E-state index >= 15 is 0 Å². The van der Waals surface area contributed by atoms with Gasteiger partial charge in [0, 0.05) is 12.8 Å². The number of phosphoric acid groups is 1. The van der Waals surface area contributed by atoms with Crippen LogP contribution in [0.3, 0.4) is 0 Å². The first kappa shape index (κ1) is 73.2. The van der Waals surface area contributed by atoms with Crippen molar-refractivity contribution < 1.29 is 37.3 Å². The van der Waals surface area contributed by atoms with Gasteiger partial charge >= 0.3 is 5.97 Å². The van der Waals surface area contributed by atoms with E-state index in [1.807, 2.05) is 33.3 Å². The van der Waals surface area contributed by atoms with Crippen LogP contribution >= 0.6 is 7.82 Å². The third kappa shape index (κ3) is 55.9. The number of quaternary nitrogens is 1. The van der Waals surface area contributed by atoms with Gasteiger partial charge in [-0.1, -0.05) is 254 Å². The smallest absolute Gasteiger partial charge is 0.306 e. The minimum absolute atomic E-state index is 0.0291. The van der Waals surface area contributed by atoms with Crippen LogP contribution in [0.15, 0.2) is 85.1 Å². The second kappa shape index (κ2) is 55.5. The largest absolute Gasteiger partial charge is 0.756 e. The Labute approximate surface area is 469 Å². The van der Waals surface area contributed by atoms with Gasteiger partial charge in [-0.3, -0.25) is 14.2 Å². The number of phosphoric ester groups is 1. The minimum Gasteiger partial charge on any atom is -0.756 e. The molecule has 1 N–H and O–H groups in total. The number of likely N-dealkylation sites (N-methyl/N-ethyl adjacent to an activating group) is 1. The summed E-state index contributed by atoms with van der Waals surface area (Å²) in [5.74, 6) is -0.567. The number of esters is 1. The lowest BCUT2D eigenvalue weighted by Crippen LogP contribution is -2.47. The first-order valence-corrected chi connectivity index (χ1v) is 32.9. The zero-order chi connectivity index (χ0) is 55.7. The second-order valence-corrected chi connectivity index (χ2v) is 23.6. The lowest BCUT2D eigenvalue weighted by molar-refractivity contribution is -0.870. The highest BCUT2D eigenvalue weighted by molar-refractivity contribution is 7.45. The van der Waals surface area contributed by atoms with Crippen LogP contribution in [0, 0.1) is 0 Å². The molecule has 0 saturated carbocycles. The summed E-state index contributed by atoms with van der Waals surface area (Å²) in [4.78, 5) is 39.9. The van der Waals surface area contributed by atoms with E-state index in [1.165, 1.54) is 135 Å². The second-order valence-electron chi connectivity index (χ2n) is 22.2. The molecule has 3 unspecified atom stereocenters. The summed E-state index contributed by atoms with van der Waals surface area (Å²) in [5.41, 5.74) is 0. The Kier molecular flexibility index (Phi) is 53.5. The molecule has 9 nitrogen and oxygen atoms in total. The number of hydrogen-bond acceptors (Lipinski definition) is 7. The molecule has 0 aromatic rings. The van der Waals surface area contributed by atoms with E-state index in [4.69, 9.17) is 13.8 Å². The summed E-state index contributed by atoms with van der Waals surface area (Å²) in [5, 5.41) is 3.02. The summed E-state index contributed by atoms with van der Waals surface area (Å²) in [6, 6.07) is -0.901. The third-order valence-corrected chi connectivity index (χ3v) is 14.6. The third-order valence-electron chi connectivity index (χ3n) is 13.6. The highest BCUT2D eigenvalue weighted by Gasteiger charge is 2.27. The van der Waals surface area contributed by atoms with Crippen molar-refractivity contribution in [2.45, 2.75) is 283 Å². The van der Waals surface area contributed by atoms with Crippen molar-refractivity contribution in [1.29, 1.82) is 0 Å². The van der Waals surface area contributed by atoms with Gasteiger partial charge in [0.05, 0.1) is 33.8 Å². The van der Waals surface area contributed by atoms with E-state index in [0.29, 0.717) is 23.9 Å². The Bertz CT molecular complexity index is 1580. The van der Waals surface area contributed by atoms with Crippen molar-refractivity contribution in [1.82, 2.24) is 5.32 Å². The average Bonchev–Trinajstić information content (AvgIpc) is 3.38. The van der Waals surface area contributed by atoms with Crippen LogP contribution in [0.25, 0.3) is 0 Å². The van der Waals surface area contributed by atoms with Gasteiger partial charge in [-0.2, -0.15) is 0 Å². The lowest BCUT2D eigenvalue weighted by atomic mass is 10.0. The lowest BCUT2D eigenvalue weighted by Gasteiger charge is -2.30. The maximum Gasteiger partial charge on any atom is 0.306 e. The summed E-state index contributed by atoms with van der Waals surface area (Å²) in [6.07, 6.45) is 72.7. The molecule has 0 bridgehead atoms. The average molecular weight is 1080 g/mol. The fourth-order valence-electron chi connectivity index (χ4n) is 8.76. The summed E-state index contributed by atoms with van der Waals surface area (Å²) in [7, 11) is 1.16. The number of carbonyl (C=O) groups is 2. The van der Waals surface area contributed by atoms with Gasteiger partial charge < -0.3 is 28.5 Å². The summed E-state index contributed by atoms with van der Waals surface area (Å²) < 4.78 is 30.3. The molecule has 0 aromatic heterocycles. The van der Waals surface area contributed by atoms with Gasteiger partial charge in [0.1, 0.15) is 19.3 Å². The number of carbonyl (C=O) groups excluding carboxylic acids is 2. The van der Waals surface area contributed by atoms with Crippen LogP contribution in [0.4, 0.5) is 0 Å². The van der Waals surface area contributed by atoms with Crippen molar-refractivity contribution in [2.24, 2.45) is 0 Å². The Hall–Kier alpha value is -2.81. The minimum atomic E-state index is -4.71. The monoisotopic (exact) mass is 1080 g/mol. The number of allylic oxidation sites excluding steroid dienone is 13. The zero-order valence-electron chi connectivity index (χ0n) is 50.2. The molecule has 10 heteroatoms. The van der Waals surface area contributed by atoms with E-state index in [2.05, 4.69) is 99.0 Å². The number of hydrogen-bond donors (Lipinski definition) is 1. The fraction of sp³-hybridized carbons (Fsp3) is 0.758. The predicted molar refractivity (Wildman–Crippen MR) is 325 cm³/mol. The highest BCUT2D eigenvalue weighted by atomic mass is 31.2. The molecule has 0 aromatic carbocycles. The van der Waals surface area contributed by atoms with Crippen LogP contribution in [0.5, 0.6) is 0 Å². The molecule has 0 aliphatic rings. The van der Waals surface area contributed by atoms with Crippen molar-refractivity contribution >= 4 is 19.7 Å². The van der Waals surface area contributed by atoms with Gasteiger partial charge in [0.15, 0.2) is 0 Å². The Morgan fingerprint density at radius 2 is 0.895 bits per heavy atom. The number of nitrogens with one attached hydrogen (secondary N) is 1. The molecule has 0 aliphatic carbocycles. The molecule has 1 amide bonds. The summed E-state index contributed by atoms with van der Waals surface area (Å²) in [6.45, 7) is 6.67. The zero-order valence-corrected chi connectivity index (χ0v) is 51.1. The molecule has 76 heavy (non-hydrogen) atoms. The molecule has 0 spiro atoms. The molecule has 0 fully saturated rings. The summed E-state index contributed by atoms with van der Waals surface area (Å²) >= 11 is 0. The molecule has 0 aliphatic heterocycles. The van der Waals surface area contributed by atoms with Crippen LogP contribution in [-0.4, -0.2) is 69.4 Å². The van der Waals surface area contributed by atoms with Gasteiger partial charge in [-0.25, -0.2) is 0 Å². The quantitative estimate of drug-likeness (QED) is 0.0161. The van der Waals surface area contributed by atoms with Crippen molar-refractivity contribution in [3.05, 3.63) is 85.1 Å². The molecule has 0 rings (SSSR count). The van der Waals surface area contributed by atoms with E-state index < -0.39 is 26.6 Å². The molecule has 0 radical (unpaired) electrons. The van der Waals surface area contributed by atoms with Gasteiger partial charge in [-0.05, 0) is 89.5 Å². The SMILES string of the molecule is CC/C=C/C=C/C=C\CCCCCCCC(=O)OC(/C=C\CCCCCCCCCCCC)C(COP(=O)([O-])OCC[N+](C)(C)C)NC(=O)CCCCCCCCCCCCCC/C=C\C/C=C\C/C=C\CCCCC. The molecule has 440 valence electrons. The molecule has 0 saturated heterocycles. The van der Waals surface area contributed by atoms with Crippen molar-refractivity contribution in [2.75, 3.05) is 40.9 Å². The van der Waals surface area contributed by atoms with E-state index in [9.17, 15) is 19.0 Å². The van der Waals surface area contributed by atoms with Crippen LogP contribution in [-0.2, 0) is 27.9 Å². The Balaban J connectivity index is 5.13. The van der Waals surface area contributed by atoms with Crippen LogP contribution < -0.4 is 10.2 Å². The normalized spacial score (nSPS) is 14.2. The fourth-order valence-corrected chi connectivity index (χ4v) is 9.49. The predicted octanol–water partition coefficient (Wildman–Crippen LogP) is 18.8. The molecule has 3 atom stereocenters. The standard InChI is InChI=1S/C66H119N2O7P/c1-7-10-13-16-19-22-25-28-29-30-31-32-33-34-35-36-37-38-39-41-43-46-49-52-55-58-65(69)67-63(62-74-76(71,72)73-61-60-68(4,5)6)64(57-54-51-48-45-42-27-24-21-18-15-12-9-3)75-66(70)59-56-53-50-47-44-40-26-23-20-17-14-11-8-2/h11,14,17,19-20,22-23,26,28-29,31-32,54,57,63-64H,7-10,12-13,15-16,18,21,24-25,27,30,33-53,55-56,58-62H2,1-6H3,(H-,67,69,71,72)/b14-11+,20-17+,22-19-,26-23-,29-28-,32-31-,57-54-. The number of unbranched alkanes of at least 4 members (excludes halogenated alkanes) is 30. The molecular formula is C66H119N2O7P. The van der Waals surface area contributed by atoms with Crippen molar-refractivity contribution in [3.63, 3.8) is 0 Å². The van der Waals surface area contributed by atoms with E-state index in [0.717, 1.165) is 96.3 Å². The number of ether oxygens (including phenoxy) is 1. The van der Waals surface area contributed by atoms with E-state index in [1.54, 1.807) is 0 Å². The van der Waals surface area contributed by atoms with Gasteiger partial charge in [-0.15, -0.1) is 0 Å². The van der Waals surface area contributed by atoms with Gasteiger partial charge in [0.25, 0.3) is 7.82 Å². The van der Waals surface area contributed by atoms with Crippen LogP contribution in [0.2, 0.25) is 0 Å². The maximum atomic E-state index is 13.5. The molecular weight excluding hydrogens is 964 g/mol. The van der Waals surface area contributed by atoms with E-state index in [-0.39, 0.29) is 24.9 Å². The van der Waals surface area contributed by atoms with Gasteiger partial charge in [0.2, 0.25) is 5.91 Å².